The molecule has 2 atom stereocenters. The first-order valence-electron chi connectivity index (χ1n) is 5.14. The van der Waals surface area contributed by atoms with Crippen molar-refractivity contribution in [2.75, 3.05) is 13.7 Å². The van der Waals surface area contributed by atoms with E-state index in [0.29, 0.717) is 12.1 Å². The van der Waals surface area contributed by atoms with Crippen molar-refractivity contribution in [1.82, 2.24) is 5.32 Å². The van der Waals surface area contributed by atoms with Crippen molar-refractivity contribution in [3.63, 3.8) is 0 Å². The van der Waals surface area contributed by atoms with Gasteiger partial charge in [-0.05, 0) is 32.2 Å². The van der Waals surface area contributed by atoms with E-state index in [9.17, 15) is 0 Å². The van der Waals surface area contributed by atoms with Crippen molar-refractivity contribution in [2.24, 2.45) is 0 Å². The Morgan fingerprint density at radius 2 is 2.25 bits per heavy atom. The second-order valence-corrected chi connectivity index (χ2v) is 3.62. The lowest BCUT2D eigenvalue weighted by Gasteiger charge is -2.19. The summed E-state index contributed by atoms with van der Waals surface area (Å²) in [7, 11) is 1.82. The maximum Gasteiger partial charge on any atom is 0.0724 e. The highest BCUT2D eigenvalue weighted by atomic mass is 16.5. The molecule has 12 heavy (non-hydrogen) atoms. The van der Waals surface area contributed by atoms with E-state index in [1.54, 1.807) is 0 Å². The zero-order valence-electron chi connectivity index (χ0n) is 8.31. The topological polar surface area (TPSA) is 21.3 Å². The summed E-state index contributed by atoms with van der Waals surface area (Å²) >= 11 is 0. The normalized spacial score (nSPS) is 29.5. The zero-order chi connectivity index (χ0) is 8.81. The zero-order valence-corrected chi connectivity index (χ0v) is 8.31. The SMILES string of the molecule is CCCCNC1CCCC1OC. The fourth-order valence-corrected chi connectivity index (χ4v) is 1.91. The number of unbranched alkanes of at least 4 members (excludes halogenated alkanes) is 1. The lowest BCUT2D eigenvalue weighted by atomic mass is 10.2. The van der Waals surface area contributed by atoms with E-state index < -0.39 is 0 Å². The minimum atomic E-state index is 0.474. The van der Waals surface area contributed by atoms with Crippen molar-refractivity contribution < 1.29 is 4.74 Å². The Labute approximate surface area is 75.7 Å². The molecule has 0 bridgehead atoms. The predicted molar refractivity (Wildman–Crippen MR) is 51.3 cm³/mol. The second kappa shape index (κ2) is 5.55. The fourth-order valence-electron chi connectivity index (χ4n) is 1.91. The first-order chi connectivity index (χ1) is 5.88. The summed E-state index contributed by atoms with van der Waals surface area (Å²) in [6, 6.07) is 0.626. The third-order valence-electron chi connectivity index (χ3n) is 2.69. The van der Waals surface area contributed by atoms with Crippen LogP contribution in [-0.2, 0) is 4.74 Å². The maximum absolute atomic E-state index is 5.39. The number of methoxy groups -OCH3 is 1. The first-order valence-corrected chi connectivity index (χ1v) is 5.14. The van der Waals surface area contributed by atoms with Crippen LogP contribution in [0, 0.1) is 0 Å². The summed E-state index contributed by atoms with van der Waals surface area (Å²) in [5.74, 6) is 0. The van der Waals surface area contributed by atoms with Crippen LogP contribution in [0.3, 0.4) is 0 Å². The Morgan fingerprint density at radius 3 is 2.92 bits per heavy atom. The molecule has 2 heteroatoms. The third-order valence-corrected chi connectivity index (χ3v) is 2.69. The van der Waals surface area contributed by atoms with E-state index in [-0.39, 0.29) is 0 Å². The van der Waals surface area contributed by atoms with Gasteiger partial charge in [0, 0.05) is 13.2 Å². The maximum atomic E-state index is 5.39. The summed E-state index contributed by atoms with van der Waals surface area (Å²) in [5.41, 5.74) is 0. The average Bonchev–Trinajstić information content (AvgIpc) is 2.52. The van der Waals surface area contributed by atoms with Crippen LogP contribution in [0.15, 0.2) is 0 Å². The van der Waals surface area contributed by atoms with Crippen molar-refractivity contribution in [3.8, 4) is 0 Å². The molecule has 0 saturated heterocycles. The number of ether oxygens (including phenoxy) is 1. The molecule has 0 amide bonds. The molecule has 1 N–H and O–H groups in total. The van der Waals surface area contributed by atoms with Gasteiger partial charge in [-0.15, -0.1) is 0 Å². The Hall–Kier alpha value is -0.0800. The molecule has 0 heterocycles. The van der Waals surface area contributed by atoms with Crippen molar-refractivity contribution in [1.29, 1.82) is 0 Å². The molecule has 1 aliphatic carbocycles. The molecule has 0 aromatic rings. The number of rotatable bonds is 5. The molecular weight excluding hydrogens is 150 g/mol. The van der Waals surface area contributed by atoms with Crippen LogP contribution >= 0.6 is 0 Å². The molecule has 1 rings (SSSR count). The lowest BCUT2D eigenvalue weighted by molar-refractivity contribution is 0.0852. The van der Waals surface area contributed by atoms with Crippen LogP contribution in [0.1, 0.15) is 39.0 Å². The molecule has 1 fully saturated rings. The molecular formula is C10H21NO. The van der Waals surface area contributed by atoms with E-state index in [4.69, 9.17) is 4.74 Å². The van der Waals surface area contributed by atoms with Gasteiger partial charge in [-0.3, -0.25) is 0 Å². The van der Waals surface area contributed by atoms with Crippen LogP contribution in [0.25, 0.3) is 0 Å². The van der Waals surface area contributed by atoms with Gasteiger partial charge >= 0.3 is 0 Å². The van der Waals surface area contributed by atoms with Gasteiger partial charge in [0.2, 0.25) is 0 Å². The molecule has 72 valence electrons. The van der Waals surface area contributed by atoms with Gasteiger partial charge in [-0.25, -0.2) is 0 Å². The molecule has 0 radical (unpaired) electrons. The van der Waals surface area contributed by atoms with Gasteiger partial charge < -0.3 is 10.1 Å². The first kappa shape index (κ1) is 10.0. The Kier molecular flexibility index (Phi) is 4.62. The molecule has 1 aliphatic rings. The van der Waals surface area contributed by atoms with Crippen LogP contribution in [0.2, 0.25) is 0 Å². The molecule has 0 aromatic carbocycles. The standard InChI is InChI=1S/C10H21NO/c1-3-4-8-11-9-6-5-7-10(9)12-2/h9-11H,3-8H2,1-2H3. The Bertz CT molecular complexity index is 116. The molecule has 0 aliphatic heterocycles. The highest BCUT2D eigenvalue weighted by Gasteiger charge is 2.25. The summed E-state index contributed by atoms with van der Waals surface area (Å²) in [5, 5.41) is 3.56. The van der Waals surface area contributed by atoms with E-state index in [2.05, 4.69) is 12.2 Å². The summed E-state index contributed by atoms with van der Waals surface area (Å²) in [6.07, 6.45) is 6.89. The predicted octanol–water partition coefficient (Wildman–Crippen LogP) is 1.94. The monoisotopic (exact) mass is 171 g/mol. The summed E-state index contributed by atoms with van der Waals surface area (Å²) in [4.78, 5) is 0. The number of hydrogen-bond acceptors (Lipinski definition) is 2. The second-order valence-electron chi connectivity index (χ2n) is 3.62. The highest BCUT2D eigenvalue weighted by molar-refractivity contribution is 4.83. The molecule has 2 nitrogen and oxygen atoms in total. The smallest absolute Gasteiger partial charge is 0.0724 e. The van der Waals surface area contributed by atoms with Gasteiger partial charge in [-0.1, -0.05) is 13.3 Å². The third kappa shape index (κ3) is 2.76. The van der Waals surface area contributed by atoms with Crippen LogP contribution in [0.4, 0.5) is 0 Å². The van der Waals surface area contributed by atoms with Crippen LogP contribution in [-0.4, -0.2) is 25.8 Å². The summed E-state index contributed by atoms with van der Waals surface area (Å²) in [6.45, 7) is 3.38. The highest BCUT2D eigenvalue weighted by Crippen LogP contribution is 2.21. The molecule has 2 unspecified atom stereocenters. The lowest BCUT2D eigenvalue weighted by Crippen LogP contribution is -2.37. The van der Waals surface area contributed by atoms with E-state index in [1.807, 2.05) is 7.11 Å². The van der Waals surface area contributed by atoms with Gasteiger partial charge in [-0.2, -0.15) is 0 Å². The van der Waals surface area contributed by atoms with Crippen LogP contribution < -0.4 is 5.32 Å². The van der Waals surface area contributed by atoms with Gasteiger partial charge in [0.1, 0.15) is 0 Å². The van der Waals surface area contributed by atoms with Gasteiger partial charge in [0.15, 0.2) is 0 Å². The molecule has 1 saturated carbocycles. The van der Waals surface area contributed by atoms with Crippen molar-refractivity contribution in [2.45, 2.75) is 51.2 Å². The van der Waals surface area contributed by atoms with E-state index >= 15 is 0 Å². The van der Waals surface area contributed by atoms with Gasteiger partial charge in [0.25, 0.3) is 0 Å². The molecule has 0 spiro atoms. The van der Waals surface area contributed by atoms with E-state index in [1.165, 1.54) is 32.1 Å². The number of hydrogen-bond donors (Lipinski definition) is 1. The minimum absolute atomic E-state index is 0.474. The van der Waals surface area contributed by atoms with Gasteiger partial charge in [0.05, 0.1) is 6.10 Å². The van der Waals surface area contributed by atoms with E-state index in [0.717, 1.165) is 6.54 Å². The Morgan fingerprint density at radius 1 is 1.42 bits per heavy atom. The molecule has 0 aromatic heterocycles. The summed E-state index contributed by atoms with van der Waals surface area (Å²) < 4.78 is 5.39. The average molecular weight is 171 g/mol. The quantitative estimate of drug-likeness (QED) is 0.638. The van der Waals surface area contributed by atoms with Crippen molar-refractivity contribution >= 4 is 0 Å². The van der Waals surface area contributed by atoms with Crippen LogP contribution in [0.5, 0.6) is 0 Å². The van der Waals surface area contributed by atoms with Crippen molar-refractivity contribution in [3.05, 3.63) is 0 Å². The Balaban J connectivity index is 2.12. The number of nitrogens with one attached hydrogen (secondary N) is 1. The largest absolute Gasteiger partial charge is 0.380 e. The fraction of sp³-hybridized carbons (Fsp3) is 1.00. The minimum Gasteiger partial charge on any atom is -0.380 e.